The summed E-state index contributed by atoms with van der Waals surface area (Å²) in [5.74, 6) is 0. The zero-order chi connectivity index (χ0) is 10.2. The van der Waals surface area contributed by atoms with Crippen LogP contribution in [0.25, 0.3) is 0 Å². The number of aryl methyl sites for hydroxylation is 1. The maximum absolute atomic E-state index is 4.44. The first-order valence-corrected chi connectivity index (χ1v) is 5.32. The van der Waals surface area contributed by atoms with Crippen LogP contribution in [0.2, 0.25) is 0 Å². The molecule has 78 valence electrons. The Morgan fingerprint density at radius 1 is 1.64 bits per heavy atom. The van der Waals surface area contributed by atoms with Crippen molar-refractivity contribution in [1.29, 1.82) is 0 Å². The molecular formula is C11H19N3. The van der Waals surface area contributed by atoms with Crippen LogP contribution >= 0.6 is 0 Å². The van der Waals surface area contributed by atoms with E-state index in [0.717, 1.165) is 6.42 Å². The van der Waals surface area contributed by atoms with Gasteiger partial charge in [0.1, 0.15) is 0 Å². The van der Waals surface area contributed by atoms with Crippen molar-refractivity contribution in [1.82, 2.24) is 15.1 Å². The minimum absolute atomic E-state index is 0.489. The van der Waals surface area contributed by atoms with Crippen molar-refractivity contribution in [3.05, 3.63) is 18.0 Å². The van der Waals surface area contributed by atoms with Crippen LogP contribution in [0.15, 0.2) is 12.3 Å². The summed E-state index contributed by atoms with van der Waals surface area (Å²) < 4.78 is 1.88. The van der Waals surface area contributed by atoms with E-state index in [1.54, 1.807) is 0 Å². The smallest absolute Gasteiger partial charge is 0.0630 e. The molecule has 3 heteroatoms. The number of rotatable bonds is 4. The molecule has 14 heavy (non-hydrogen) atoms. The molecule has 0 aliphatic heterocycles. The third kappa shape index (κ3) is 1.69. The van der Waals surface area contributed by atoms with Gasteiger partial charge in [-0.25, -0.2) is 0 Å². The monoisotopic (exact) mass is 193 g/mol. The topological polar surface area (TPSA) is 29.9 Å². The molecule has 1 aromatic heterocycles. The highest BCUT2D eigenvalue weighted by Crippen LogP contribution is 2.50. The predicted octanol–water partition coefficient (Wildman–Crippen LogP) is 1.35. The lowest BCUT2D eigenvalue weighted by atomic mass is 9.92. The van der Waals surface area contributed by atoms with Crippen LogP contribution in [0.1, 0.15) is 25.5 Å². The lowest BCUT2D eigenvalue weighted by Crippen LogP contribution is -2.33. The van der Waals surface area contributed by atoms with Crippen molar-refractivity contribution >= 4 is 0 Å². The van der Waals surface area contributed by atoms with Gasteiger partial charge in [-0.3, -0.25) is 4.68 Å². The average molecular weight is 193 g/mol. The van der Waals surface area contributed by atoms with Gasteiger partial charge in [-0.1, -0.05) is 0 Å². The van der Waals surface area contributed by atoms with Gasteiger partial charge in [0.05, 0.1) is 5.69 Å². The van der Waals surface area contributed by atoms with Gasteiger partial charge in [0.25, 0.3) is 0 Å². The number of nitrogens with one attached hydrogen (secondary N) is 1. The van der Waals surface area contributed by atoms with Gasteiger partial charge >= 0.3 is 0 Å². The van der Waals surface area contributed by atoms with E-state index < -0.39 is 0 Å². The Labute approximate surface area is 85.5 Å². The SMILES string of the molecule is CNC(C)C1(Cc2ccn(C)n2)CC1. The number of aromatic nitrogens is 2. The molecule has 1 unspecified atom stereocenters. The zero-order valence-electron chi connectivity index (χ0n) is 9.25. The molecule has 1 saturated carbocycles. The largest absolute Gasteiger partial charge is 0.317 e. The molecule has 1 aliphatic rings. The second-order valence-electron chi connectivity index (χ2n) is 4.53. The summed E-state index contributed by atoms with van der Waals surface area (Å²) in [6, 6.07) is 2.73. The summed E-state index contributed by atoms with van der Waals surface area (Å²) in [7, 11) is 4.02. The van der Waals surface area contributed by atoms with E-state index in [-0.39, 0.29) is 0 Å². The number of nitrogens with zero attached hydrogens (tertiary/aromatic N) is 2. The summed E-state index contributed by atoms with van der Waals surface area (Å²) in [5.41, 5.74) is 1.72. The quantitative estimate of drug-likeness (QED) is 0.782. The van der Waals surface area contributed by atoms with Gasteiger partial charge in [0.2, 0.25) is 0 Å². The first kappa shape index (κ1) is 9.71. The molecular weight excluding hydrogens is 174 g/mol. The Balaban J connectivity index is 2.04. The third-order valence-corrected chi connectivity index (χ3v) is 3.55. The first-order valence-electron chi connectivity index (χ1n) is 5.32. The molecule has 0 spiro atoms. The Kier molecular flexibility index (Phi) is 2.35. The molecule has 0 amide bonds. The molecule has 1 heterocycles. The highest BCUT2D eigenvalue weighted by Gasteiger charge is 2.46. The first-order chi connectivity index (χ1) is 6.66. The van der Waals surface area contributed by atoms with Gasteiger partial charge in [-0.15, -0.1) is 0 Å². The second-order valence-corrected chi connectivity index (χ2v) is 4.53. The molecule has 1 aromatic rings. The van der Waals surface area contributed by atoms with Gasteiger partial charge in [-0.2, -0.15) is 5.10 Å². The fourth-order valence-electron chi connectivity index (χ4n) is 2.15. The van der Waals surface area contributed by atoms with E-state index in [4.69, 9.17) is 0 Å². The van der Waals surface area contributed by atoms with E-state index in [0.29, 0.717) is 11.5 Å². The average Bonchev–Trinajstić information content (AvgIpc) is 2.84. The second kappa shape index (κ2) is 3.39. The molecule has 0 aromatic carbocycles. The van der Waals surface area contributed by atoms with Crippen molar-refractivity contribution in [2.45, 2.75) is 32.2 Å². The van der Waals surface area contributed by atoms with E-state index in [1.165, 1.54) is 18.5 Å². The van der Waals surface area contributed by atoms with E-state index >= 15 is 0 Å². The van der Waals surface area contributed by atoms with Crippen LogP contribution in [0.3, 0.4) is 0 Å². The molecule has 2 rings (SSSR count). The maximum atomic E-state index is 4.44. The van der Waals surface area contributed by atoms with E-state index in [2.05, 4.69) is 23.4 Å². The van der Waals surface area contributed by atoms with E-state index in [9.17, 15) is 0 Å². The summed E-state index contributed by atoms with van der Waals surface area (Å²) in [5, 5.41) is 7.80. The lowest BCUT2D eigenvalue weighted by Gasteiger charge is -2.21. The highest BCUT2D eigenvalue weighted by atomic mass is 15.2. The van der Waals surface area contributed by atoms with Crippen molar-refractivity contribution in [3.8, 4) is 0 Å². The van der Waals surface area contributed by atoms with Crippen molar-refractivity contribution in [2.24, 2.45) is 12.5 Å². The maximum Gasteiger partial charge on any atom is 0.0630 e. The fraction of sp³-hybridized carbons (Fsp3) is 0.727. The van der Waals surface area contributed by atoms with Crippen LogP contribution in [0.5, 0.6) is 0 Å². The summed E-state index contributed by atoms with van der Waals surface area (Å²) >= 11 is 0. The summed E-state index contributed by atoms with van der Waals surface area (Å²) in [6.45, 7) is 2.27. The third-order valence-electron chi connectivity index (χ3n) is 3.55. The number of hydrogen-bond donors (Lipinski definition) is 1. The Bertz CT molecular complexity index is 312. The van der Waals surface area contributed by atoms with Crippen molar-refractivity contribution in [2.75, 3.05) is 7.05 Å². The lowest BCUT2D eigenvalue weighted by molar-refractivity contribution is 0.365. The molecule has 1 atom stereocenters. The molecule has 1 N–H and O–H groups in total. The Morgan fingerprint density at radius 3 is 2.79 bits per heavy atom. The highest BCUT2D eigenvalue weighted by molar-refractivity contribution is 5.11. The van der Waals surface area contributed by atoms with Gasteiger partial charge in [0.15, 0.2) is 0 Å². The summed E-state index contributed by atoms with van der Waals surface area (Å²) in [4.78, 5) is 0. The Morgan fingerprint density at radius 2 is 2.36 bits per heavy atom. The molecule has 0 saturated heterocycles. The van der Waals surface area contributed by atoms with Gasteiger partial charge < -0.3 is 5.32 Å². The molecule has 1 aliphatic carbocycles. The predicted molar refractivity (Wildman–Crippen MR) is 57.1 cm³/mol. The van der Waals surface area contributed by atoms with Crippen molar-refractivity contribution < 1.29 is 0 Å². The molecule has 0 bridgehead atoms. The molecule has 3 nitrogen and oxygen atoms in total. The Hall–Kier alpha value is -0.830. The van der Waals surface area contributed by atoms with E-state index in [1.807, 2.05) is 25.0 Å². The zero-order valence-corrected chi connectivity index (χ0v) is 9.25. The fourth-order valence-corrected chi connectivity index (χ4v) is 2.15. The van der Waals surface area contributed by atoms with Crippen LogP contribution in [-0.2, 0) is 13.5 Å². The van der Waals surface area contributed by atoms with Crippen LogP contribution in [0.4, 0.5) is 0 Å². The molecule has 0 radical (unpaired) electrons. The number of hydrogen-bond acceptors (Lipinski definition) is 2. The summed E-state index contributed by atoms with van der Waals surface area (Å²) in [6.07, 6.45) is 5.82. The van der Waals surface area contributed by atoms with Crippen molar-refractivity contribution in [3.63, 3.8) is 0 Å². The van der Waals surface area contributed by atoms with Gasteiger partial charge in [-0.05, 0) is 44.7 Å². The minimum atomic E-state index is 0.489. The normalized spacial score (nSPS) is 20.8. The molecule has 1 fully saturated rings. The van der Waals surface area contributed by atoms with Crippen LogP contribution < -0.4 is 5.32 Å². The minimum Gasteiger partial charge on any atom is -0.317 e. The van der Waals surface area contributed by atoms with Crippen LogP contribution in [0, 0.1) is 5.41 Å². The standard InChI is InChI=1S/C11H19N3/c1-9(12-2)11(5-6-11)8-10-4-7-14(3)13-10/h4,7,9,12H,5-6,8H2,1-3H3. The van der Waals surface area contributed by atoms with Gasteiger partial charge in [0, 0.05) is 19.3 Å². The van der Waals surface area contributed by atoms with Crippen LogP contribution in [-0.4, -0.2) is 22.9 Å².